The molecule has 0 atom stereocenters. The first-order valence-corrected chi connectivity index (χ1v) is 10.0. The molecule has 1 fully saturated rings. The number of hydrogen-bond donors (Lipinski definition) is 2. The van der Waals surface area contributed by atoms with Crippen molar-refractivity contribution in [2.45, 2.75) is 32.4 Å². The molecule has 0 saturated carbocycles. The number of benzene rings is 2. The Hall–Kier alpha value is -2.49. The summed E-state index contributed by atoms with van der Waals surface area (Å²) >= 11 is 0. The molecule has 0 unspecified atom stereocenters. The minimum Gasteiger partial charge on any atom is -0.490 e. The molecule has 0 spiro atoms. The van der Waals surface area contributed by atoms with E-state index in [0.29, 0.717) is 44.4 Å². The Labute approximate surface area is 193 Å². The van der Waals surface area contributed by atoms with Crippen LogP contribution in [0.15, 0.2) is 47.5 Å². The predicted octanol–water partition coefficient (Wildman–Crippen LogP) is 3.52. The Morgan fingerprint density at radius 3 is 2.60 bits per heavy atom. The van der Waals surface area contributed by atoms with E-state index in [-0.39, 0.29) is 29.9 Å². The minimum atomic E-state index is 0. The van der Waals surface area contributed by atoms with E-state index in [9.17, 15) is 4.79 Å². The number of aliphatic imine (C=N–C) groups is 1. The Morgan fingerprint density at radius 2 is 1.83 bits per heavy atom. The van der Waals surface area contributed by atoms with Gasteiger partial charge in [-0.1, -0.05) is 24.3 Å². The van der Waals surface area contributed by atoms with Gasteiger partial charge in [-0.3, -0.25) is 4.79 Å². The molecular formula is C22H27IN4O3. The molecule has 2 aromatic rings. The average molecular weight is 522 g/mol. The SMILES string of the molecule is I.NC(=NCc1ccccc1CN1CCCC1=O)Nc1ccc2c(c1)OCCCO2. The molecule has 1 amide bonds. The van der Waals surface area contributed by atoms with Gasteiger partial charge in [0.15, 0.2) is 17.5 Å². The number of carbonyl (C=O) groups is 1. The summed E-state index contributed by atoms with van der Waals surface area (Å²) in [4.78, 5) is 18.3. The molecule has 2 aliphatic rings. The smallest absolute Gasteiger partial charge is 0.222 e. The van der Waals surface area contributed by atoms with Crippen molar-refractivity contribution >= 4 is 41.5 Å². The van der Waals surface area contributed by atoms with Gasteiger partial charge in [0, 0.05) is 37.7 Å². The molecule has 2 heterocycles. The van der Waals surface area contributed by atoms with E-state index in [1.54, 1.807) is 0 Å². The predicted molar refractivity (Wildman–Crippen MR) is 128 cm³/mol. The summed E-state index contributed by atoms with van der Waals surface area (Å²) in [6.07, 6.45) is 2.45. The van der Waals surface area contributed by atoms with E-state index in [2.05, 4.69) is 10.3 Å². The topological polar surface area (TPSA) is 89.2 Å². The van der Waals surface area contributed by atoms with Gasteiger partial charge < -0.3 is 25.4 Å². The molecule has 2 aliphatic heterocycles. The largest absolute Gasteiger partial charge is 0.490 e. The molecule has 7 nitrogen and oxygen atoms in total. The number of fused-ring (bicyclic) bond motifs is 1. The van der Waals surface area contributed by atoms with Crippen LogP contribution in [0.2, 0.25) is 0 Å². The Morgan fingerprint density at radius 1 is 1.07 bits per heavy atom. The first-order valence-electron chi connectivity index (χ1n) is 10.0. The van der Waals surface area contributed by atoms with Crippen LogP contribution in [0.3, 0.4) is 0 Å². The summed E-state index contributed by atoms with van der Waals surface area (Å²) in [6.45, 7) is 3.19. The average Bonchev–Trinajstić information content (AvgIpc) is 2.98. The number of halogens is 1. The molecule has 0 aliphatic carbocycles. The quantitative estimate of drug-likeness (QED) is 0.357. The summed E-state index contributed by atoms with van der Waals surface area (Å²) < 4.78 is 11.4. The summed E-state index contributed by atoms with van der Waals surface area (Å²) in [7, 11) is 0. The number of nitrogens with two attached hydrogens (primary N) is 1. The van der Waals surface area contributed by atoms with Crippen molar-refractivity contribution in [3.8, 4) is 11.5 Å². The van der Waals surface area contributed by atoms with Crippen LogP contribution in [0.5, 0.6) is 11.5 Å². The maximum absolute atomic E-state index is 11.9. The van der Waals surface area contributed by atoms with Crippen LogP contribution in [-0.2, 0) is 17.9 Å². The van der Waals surface area contributed by atoms with Crippen LogP contribution in [0.25, 0.3) is 0 Å². The molecule has 1 saturated heterocycles. The molecule has 0 aromatic heterocycles. The first kappa shape index (κ1) is 22.2. The summed E-state index contributed by atoms with van der Waals surface area (Å²) in [6, 6.07) is 13.7. The number of carbonyl (C=O) groups excluding carboxylic acids is 1. The van der Waals surface area contributed by atoms with Gasteiger partial charge in [0.05, 0.1) is 19.8 Å². The zero-order valence-corrected chi connectivity index (χ0v) is 19.1. The maximum Gasteiger partial charge on any atom is 0.222 e. The highest BCUT2D eigenvalue weighted by atomic mass is 127. The van der Waals surface area contributed by atoms with Gasteiger partial charge in [0.1, 0.15) is 0 Å². The third-order valence-electron chi connectivity index (χ3n) is 5.09. The van der Waals surface area contributed by atoms with Crippen LogP contribution >= 0.6 is 24.0 Å². The third kappa shape index (κ3) is 5.56. The second-order valence-corrected chi connectivity index (χ2v) is 7.23. The van der Waals surface area contributed by atoms with Crippen LogP contribution in [-0.4, -0.2) is 36.5 Å². The maximum atomic E-state index is 11.9. The number of likely N-dealkylation sites (tertiary alicyclic amines) is 1. The molecule has 4 rings (SSSR count). The van der Waals surface area contributed by atoms with E-state index in [1.807, 2.05) is 47.4 Å². The number of nitrogens with one attached hydrogen (secondary N) is 1. The standard InChI is InChI=1S/C22H26N4O3.HI/c23-22(25-18-8-9-19-20(13-18)29-12-4-11-28-19)24-14-16-5-1-2-6-17(16)15-26-10-3-7-21(26)27;/h1-2,5-6,8-9,13H,3-4,7,10-12,14-15H2,(H3,23,24,25);1H. The Balaban J connectivity index is 0.00000256. The van der Waals surface area contributed by atoms with Crippen molar-refractivity contribution in [2.75, 3.05) is 25.1 Å². The number of nitrogens with zero attached hydrogens (tertiary/aromatic N) is 2. The lowest BCUT2D eigenvalue weighted by Gasteiger charge is -2.17. The number of ether oxygens (including phenoxy) is 2. The van der Waals surface area contributed by atoms with Crippen LogP contribution in [0, 0.1) is 0 Å². The van der Waals surface area contributed by atoms with Gasteiger partial charge in [0.25, 0.3) is 0 Å². The number of guanidine groups is 1. The minimum absolute atomic E-state index is 0. The van der Waals surface area contributed by atoms with Gasteiger partial charge in [-0.15, -0.1) is 24.0 Å². The van der Waals surface area contributed by atoms with E-state index in [4.69, 9.17) is 15.2 Å². The molecule has 160 valence electrons. The lowest BCUT2D eigenvalue weighted by molar-refractivity contribution is -0.128. The first-order chi connectivity index (χ1) is 14.2. The lowest BCUT2D eigenvalue weighted by atomic mass is 10.1. The number of hydrogen-bond acceptors (Lipinski definition) is 4. The third-order valence-corrected chi connectivity index (χ3v) is 5.09. The van der Waals surface area contributed by atoms with E-state index >= 15 is 0 Å². The van der Waals surface area contributed by atoms with Crippen molar-refractivity contribution in [3.63, 3.8) is 0 Å². The zero-order valence-electron chi connectivity index (χ0n) is 16.8. The molecule has 3 N–H and O–H groups in total. The fourth-order valence-electron chi connectivity index (χ4n) is 3.54. The van der Waals surface area contributed by atoms with Crippen molar-refractivity contribution in [1.82, 2.24) is 4.90 Å². The van der Waals surface area contributed by atoms with Gasteiger partial charge >= 0.3 is 0 Å². The van der Waals surface area contributed by atoms with Gasteiger partial charge in [-0.25, -0.2) is 4.99 Å². The molecule has 0 radical (unpaired) electrons. The number of rotatable bonds is 5. The Kier molecular flexibility index (Phi) is 7.78. The lowest BCUT2D eigenvalue weighted by Crippen LogP contribution is -2.25. The summed E-state index contributed by atoms with van der Waals surface area (Å²) in [5, 5.41) is 3.11. The molecule has 2 aromatic carbocycles. The number of amides is 1. The fourth-order valence-corrected chi connectivity index (χ4v) is 3.54. The molecular weight excluding hydrogens is 495 g/mol. The van der Waals surface area contributed by atoms with Crippen LogP contribution < -0.4 is 20.5 Å². The van der Waals surface area contributed by atoms with Gasteiger partial charge in [-0.2, -0.15) is 0 Å². The van der Waals surface area contributed by atoms with Gasteiger partial charge in [-0.05, 0) is 29.7 Å². The summed E-state index contributed by atoms with van der Waals surface area (Å²) in [5.74, 6) is 2.00. The van der Waals surface area contributed by atoms with Crippen LogP contribution in [0.4, 0.5) is 5.69 Å². The highest BCUT2D eigenvalue weighted by molar-refractivity contribution is 14.0. The molecule has 30 heavy (non-hydrogen) atoms. The zero-order chi connectivity index (χ0) is 20.1. The van der Waals surface area contributed by atoms with E-state index < -0.39 is 0 Å². The second kappa shape index (κ2) is 10.5. The van der Waals surface area contributed by atoms with E-state index in [1.165, 1.54) is 0 Å². The highest BCUT2D eigenvalue weighted by Gasteiger charge is 2.20. The summed E-state index contributed by atoms with van der Waals surface area (Å²) in [5.41, 5.74) is 9.07. The monoisotopic (exact) mass is 522 g/mol. The Bertz CT molecular complexity index is 919. The van der Waals surface area contributed by atoms with Crippen molar-refractivity contribution < 1.29 is 14.3 Å². The highest BCUT2D eigenvalue weighted by Crippen LogP contribution is 2.32. The fraction of sp³-hybridized carbons (Fsp3) is 0.364. The van der Waals surface area contributed by atoms with Gasteiger partial charge in [0.2, 0.25) is 5.91 Å². The van der Waals surface area contributed by atoms with Crippen molar-refractivity contribution in [1.29, 1.82) is 0 Å². The van der Waals surface area contributed by atoms with Crippen molar-refractivity contribution in [3.05, 3.63) is 53.6 Å². The molecule has 0 bridgehead atoms. The van der Waals surface area contributed by atoms with Crippen molar-refractivity contribution in [2.24, 2.45) is 10.7 Å². The van der Waals surface area contributed by atoms with Crippen LogP contribution in [0.1, 0.15) is 30.4 Å². The second-order valence-electron chi connectivity index (χ2n) is 7.23. The number of anilines is 1. The molecule has 8 heteroatoms. The van der Waals surface area contributed by atoms with E-state index in [0.717, 1.165) is 42.0 Å². The normalized spacial score (nSPS) is 16.1.